The SMILES string of the molecule is CCCC(=O)N(C)c1cc(Cc2c(C(C)C)cc(C(C)C)cc2C(C)C)cc(C)c1O. The molecule has 0 saturated carbocycles. The molecule has 0 fully saturated rings. The van der Waals surface area contributed by atoms with Crippen molar-refractivity contribution in [2.24, 2.45) is 0 Å². The number of carbonyl (C=O) groups is 1. The summed E-state index contributed by atoms with van der Waals surface area (Å²) in [5, 5.41) is 10.7. The van der Waals surface area contributed by atoms with Crippen LogP contribution in [0.15, 0.2) is 24.3 Å². The number of aryl methyl sites for hydroxylation is 1. The fourth-order valence-electron chi connectivity index (χ4n) is 4.22. The molecule has 1 N–H and O–H groups in total. The van der Waals surface area contributed by atoms with E-state index in [1.54, 1.807) is 11.9 Å². The molecule has 31 heavy (non-hydrogen) atoms. The van der Waals surface area contributed by atoms with Crippen LogP contribution in [0, 0.1) is 6.92 Å². The van der Waals surface area contributed by atoms with E-state index in [4.69, 9.17) is 0 Å². The van der Waals surface area contributed by atoms with Gasteiger partial charge < -0.3 is 10.0 Å². The van der Waals surface area contributed by atoms with Crippen LogP contribution in [0.3, 0.4) is 0 Å². The second kappa shape index (κ2) is 10.3. The predicted molar refractivity (Wildman–Crippen MR) is 133 cm³/mol. The molecule has 1 amide bonds. The zero-order chi connectivity index (χ0) is 23.5. The number of nitrogens with zero attached hydrogens (tertiary/aromatic N) is 1. The topological polar surface area (TPSA) is 40.5 Å². The Kier molecular flexibility index (Phi) is 8.34. The highest BCUT2D eigenvalue weighted by atomic mass is 16.3. The lowest BCUT2D eigenvalue weighted by Crippen LogP contribution is -2.26. The normalized spacial score (nSPS) is 11.6. The highest BCUT2D eigenvalue weighted by Crippen LogP contribution is 2.37. The monoisotopic (exact) mass is 423 g/mol. The highest BCUT2D eigenvalue weighted by Gasteiger charge is 2.20. The van der Waals surface area contributed by atoms with Crippen LogP contribution in [0.4, 0.5) is 5.69 Å². The van der Waals surface area contributed by atoms with Gasteiger partial charge in [0, 0.05) is 13.5 Å². The van der Waals surface area contributed by atoms with Crippen LogP contribution in [0.1, 0.15) is 112 Å². The van der Waals surface area contributed by atoms with E-state index in [1.807, 2.05) is 19.9 Å². The van der Waals surface area contributed by atoms with Gasteiger partial charge in [0.2, 0.25) is 5.91 Å². The minimum atomic E-state index is 0.0291. The molecular weight excluding hydrogens is 382 g/mol. The molecule has 2 aromatic carbocycles. The van der Waals surface area contributed by atoms with Crippen molar-refractivity contribution in [2.45, 2.75) is 92.4 Å². The van der Waals surface area contributed by atoms with E-state index >= 15 is 0 Å². The second-order valence-corrected chi connectivity index (χ2v) is 9.80. The van der Waals surface area contributed by atoms with Gasteiger partial charge in [-0.1, -0.05) is 66.7 Å². The second-order valence-electron chi connectivity index (χ2n) is 9.80. The van der Waals surface area contributed by atoms with E-state index in [2.05, 4.69) is 59.7 Å². The van der Waals surface area contributed by atoms with Crippen molar-refractivity contribution in [1.29, 1.82) is 0 Å². The zero-order valence-electron chi connectivity index (χ0n) is 21.0. The average Bonchev–Trinajstić information content (AvgIpc) is 2.69. The van der Waals surface area contributed by atoms with Crippen LogP contribution < -0.4 is 4.90 Å². The van der Waals surface area contributed by atoms with Gasteiger partial charge in [-0.2, -0.15) is 0 Å². The summed E-state index contributed by atoms with van der Waals surface area (Å²) in [6.07, 6.45) is 2.06. The van der Waals surface area contributed by atoms with Crippen molar-refractivity contribution in [3.05, 3.63) is 57.6 Å². The van der Waals surface area contributed by atoms with Crippen molar-refractivity contribution in [2.75, 3.05) is 11.9 Å². The average molecular weight is 424 g/mol. The van der Waals surface area contributed by atoms with Gasteiger partial charge in [-0.25, -0.2) is 0 Å². The standard InChI is InChI=1S/C28H41NO2/c1-10-11-27(30)29(9)26-14-21(12-20(8)28(26)31)13-25-23(18(4)5)15-22(17(2)3)16-24(25)19(6)7/h12,14-19,31H,10-11,13H2,1-9H3. The largest absolute Gasteiger partial charge is 0.505 e. The summed E-state index contributed by atoms with van der Waals surface area (Å²) >= 11 is 0. The Labute approximate surface area is 189 Å². The van der Waals surface area contributed by atoms with E-state index < -0.39 is 0 Å². The van der Waals surface area contributed by atoms with Crippen molar-refractivity contribution in [3.63, 3.8) is 0 Å². The summed E-state index contributed by atoms with van der Waals surface area (Å²) in [5.41, 5.74) is 8.11. The third-order valence-electron chi connectivity index (χ3n) is 6.17. The fourth-order valence-corrected chi connectivity index (χ4v) is 4.22. The van der Waals surface area contributed by atoms with Crippen molar-refractivity contribution in [1.82, 2.24) is 0 Å². The summed E-state index contributed by atoms with van der Waals surface area (Å²) in [4.78, 5) is 14.1. The molecule has 2 aromatic rings. The molecule has 3 heteroatoms. The molecule has 170 valence electrons. The summed E-state index contributed by atoms with van der Waals surface area (Å²) in [7, 11) is 1.76. The van der Waals surface area contributed by atoms with Crippen LogP contribution in [0.5, 0.6) is 5.75 Å². The number of hydrogen-bond donors (Lipinski definition) is 1. The van der Waals surface area contributed by atoms with Gasteiger partial charge in [-0.15, -0.1) is 0 Å². The van der Waals surface area contributed by atoms with E-state index in [1.165, 1.54) is 22.3 Å². The molecule has 0 aromatic heterocycles. The smallest absolute Gasteiger partial charge is 0.226 e. The summed E-state index contributed by atoms with van der Waals surface area (Å²) in [6.45, 7) is 17.5. The third kappa shape index (κ3) is 5.70. The van der Waals surface area contributed by atoms with Crippen LogP contribution in [0.25, 0.3) is 0 Å². The molecule has 0 bridgehead atoms. The Morgan fingerprint density at radius 2 is 1.48 bits per heavy atom. The third-order valence-corrected chi connectivity index (χ3v) is 6.17. The molecule has 0 saturated heterocycles. The summed E-state index contributed by atoms with van der Waals surface area (Å²) in [5.74, 6) is 1.57. The molecule has 0 aliphatic rings. The molecule has 0 heterocycles. The number of aromatic hydroxyl groups is 1. The number of phenolic OH excluding ortho intramolecular Hbond substituents is 1. The van der Waals surface area contributed by atoms with Gasteiger partial charge in [0.05, 0.1) is 5.69 Å². The van der Waals surface area contributed by atoms with E-state index in [9.17, 15) is 9.90 Å². The molecule has 0 atom stereocenters. The summed E-state index contributed by atoms with van der Waals surface area (Å²) < 4.78 is 0. The van der Waals surface area contributed by atoms with Gasteiger partial charge in [0.15, 0.2) is 0 Å². The van der Waals surface area contributed by atoms with Crippen LogP contribution in [-0.4, -0.2) is 18.1 Å². The van der Waals surface area contributed by atoms with Crippen LogP contribution in [0.2, 0.25) is 0 Å². The lowest BCUT2D eigenvalue weighted by Gasteiger charge is -2.24. The first-order valence-corrected chi connectivity index (χ1v) is 11.7. The maximum atomic E-state index is 12.5. The molecule has 0 aliphatic heterocycles. The first-order valence-electron chi connectivity index (χ1n) is 11.7. The van der Waals surface area contributed by atoms with Crippen LogP contribution in [-0.2, 0) is 11.2 Å². The number of rotatable bonds is 8. The maximum Gasteiger partial charge on any atom is 0.226 e. The first-order chi connectivity index (χ1) is 14.5. The molecule has 0 aliphatic carbocycles. The minimum absolute atomic E-state index is 0.0291. The molecule has 2 rings (SSSR count). The lowest BCUT2D eigenvalue weighted by molar-refractivity contribution is -0.118. The van der Waals surface area contributed by atoms with Gasteiger partial charge in [0.1, 0.15) is 5.75 Å². The number of phenols is 1. The predicted octanol–water partition coefficient (Wildman–Crippen LogP) is 7.42. The lowest BCUT2D eigenvalue weighted by atomic mass is 9.82. The molecular formula is C28H41NO2. The van der Waals surface area contributed by atoms with Gasteiger partial charge in [-0.3, -0.25) is 4.79 Å². The quantitative estimate of drug-likeness (QED) is 0.480. The zero-order valence-corrected chi connectivity index (χ0v) is 21.0. The molecule has 0 unspecified atom stereocenters. The number of carbonyl (C=O) groups excluding carboxylic acids is 1. The molecule has 0 radical (unpaired) electrons. The summed E-state index contributed by atoms with van der Waals surface area (Å²) in [6, 6.07) is 8.80. The van der Waals surface area contributed by atoms with Crippen LogP contribution >= 0.6 is 0 Å². The number of benzene rings is 2. The van der Waals surface area contributed by atoms with Crippen molar-refractivity contribution in [3.8, 4) is 5.75 Å². The Morgan fingerprint density at radius 3 is 1.94 bits per heavy atom. The van der Waals surface area contributed by atoms with Crippen molar-refractivity contribution < 1.29 is 9.90 Å². The number of amides is 1. The minimum Gasteiger partial charge on any atom is -0.505 e. The Morgan fingerprint density at radius 1 is 0.935 bits per heavy atom. The highest BCUT2D eigenvalue weighted by molar-refractivity contribution is 5.94. The fraction of sp³-hybridized carbons (Fsp3) is 0.536. The van der Waals surface area contributed by atoms with E-state index in [0.717, 1.165) is 24.0 Å². The Balaban J connectivity index is 2.61. The van der Waals surface area contributed by atoms with Gasteiger partial charge in [0.25, 0.3) is 0 Å². The van der Waals surface area contributed by atoms with Crippen molar-refractivity contribution >= 4 is 11.6 Å². The first kappa shape index (κ1) is 25.0. The van der Waals surface area contributed by atoms with E-state index in [-0.39, 0.29) is 11.7 Å². The van der Waals surface area contributed by atoms with Gasteiger partial charge in [-0.05, 0) is 77.0 Å². The molecule has 0 spiro atoms. The number of hydrogen-bond acceptors (Lipinski definition) is 2. The van der Waals surface area contributed by atoms with Gasteiger partial charge >= 0.3 is 0 Å². The Bertz CT molecular complexity index is 896. The number of anilines is 1. The van der Waals surface area contributed by atoms with E-state index in [0.29, 0.717) is 29.9 Å². The Hall–Kier alpha value is -2.29. The molecule has 3 nitrogen and oxygen atoms in total. The maximum absolute atomic E-state index is 12.5.